The number of H-pyrrole nitrogens is 1. The predicted molar refractivity (Wildman–Crippen MR) is 145 cm³/mol. The molecule has 3 rings (SSSR count). The van der Waals surface area contributed by atoms with E-state index < -0.39 is 5.97 Å². The molecule has 5 N–H and O–H groups in total. The molecule has 12 heteroatoms. The molecule has 0 saturated carbocycles. The first kappa shape index (κ1) is 28.2. The van der Waals surface area contributed by atoms with Gasteiger partial charge in [-0.05, 0) is 42.0 Å². The third kappa shape index (κ3) is 8.59. The zero-order valence-corrected chi connectivity index (χ0v) is 22.5. The van der Waals surface area contributed by atoms with Crippen molar-refractivity contribution in [3.8, 4) is 5.75 Å². The number of carboxylic acid groups (broad SMARTS) is 1. The number of aromatic amines is 1. The summed E-state index contributed by atoms with van der Waals surface area (Å²) < 4.78 is 5.66. The molecular weight excluding hydrogens is 492 g/mol. The molecule has 37 heavy (non-hydrogen) atoms. The molecule has 0 aliphatic heterocycles. The Labute approximate surface area is 221 Å². The van der Waals surface area contributed by atoms with Crippen molar-refractivity contribution in [2.75, 3.05) is 30.2 Å². The van der Waals surface area contributed by atoms with Crippen LogP contribution in [0.1, 0.15) is 67.2 Å². The Morgan fingerprint density at radius 2 is 2.11 bits per heavy atom. The number of hydrogen-bond donors (Lipinski definition) is 4. The Bertz CT molecular complexity index is 1140. The molecule has 0 aliphatic rings. The highest BCUT2D eigenvalue weighted by Crippen LogP contribution is 2.30. The lowest BCUT2D eigenvalue weighted by atomic mass is 9.97. The fraction of sp³-hybridized carbons (Fsp3) is 0.520. The molecule has 0 bridgehead atoms. The first-order valence-electron chi connectivity index (χ1n) is 12.4. The van der Waals surface area contributed by atoms with E-state index in [1.807, 2.05) is 30.0 Å². The molecule has 0 amide bonds. The second-order valence-corrected chi connectivity index (χ2v) is 9.83. The van der Waals surface area contributed by atoms with Gasteiger partial charge in [-0.25, -0.2) is 4.98 Å². The smallest absolute Gasteiger partial charge is 0.303 e. The van der Waals surface area contributed by atoms with E-state index in [9.17, 15) is 9.90 Å². The van der Waals surface area contributed by atoms with Gasteiger partial charge in [0.15, 0.2) is 5.82 Å². The number of carboxylic acids is 1. The minimum Gasteiger partial charge on any atom is -0.496 e. The number of aromatic nitrogens is 6. The van der Waals surface area contributed by atoms with Crippen molar-refractivity contribution in [1.82, 2.24) is 30.6 Å². The molecule has 3 aromatic rings. The summed E-state index contributed by atoms with van der Waals surface area (Å²) in [4.78, 5) is 20.4. The molecule has 2 heterocycles. The van der Waals surface area contributed by atoms with Gasteiger partial charge < -0.3 is 20.9 Å². The lowest BCUT2D eigenvalue weighted by Gasteiger charge is -2.23. The van der Waals surface area contributed by atoms with Gasteiger partial charge in [0.2, 0.25) is 5.95 Å². The Morgan fingerprint density at radius 1 is 1.27 bits per heavy atom. The summed E-state index contributed by atoms with van der Waals surface area (Å²) in [6, 6.07) is 6.14. The molecule has 11 nitrogen and oxygen atoms in total. The van der Waals surface area contributed by atoms with Crippen LogP contribution in [0.4, 0.5) is 11.8 Å². The SMILES string of the molecule is CCCC[C@@H](CCSC)Nc1nc(N)nc(CCC(=O)O)c1Cc1cc(Cc2nn[nH]n2)ccc1OC. The predicted octanol–water partition coefficient (Wildman–Crippen LogP) is 3.50. The van der Waals surface area contributed by atoms with Crippen LogP contribution in [0.25, 0.3) is 0 Å². The number of ether oxygens (including phenoxy) is 1. The summed E-state index contributed by atoms with van der Waals surface area (Å²) in [5.74, 6) is 2.22. The molecule has 2 aromatic heterocycles. The minimum atomic E-state index is -0.891. The van der Waals surface area contributed by atoms with Crippen LogP contribution in [0.3, 0.4) is 0 Å². The molecule has 0 fully saturated rings. The number of hydrogen-bond acceptors (Lipinski definition) is 10. The maximum absolute atomic E-state index is 11.4. The average molecular weight is 529 g/mol. The number of carbonyl (C=O) groups is 1. The number of nitrogen functional groups attached to an aromatic ring is 1. The summed E-state index contributed by atoms with van der Waals surface area (Å²) in [5.41, 5.74) is 9.47. The molecule has 0 radical (unpaired) electrons. The Kier molecular flexibility index (Phi) is 10.9. The summed E-state index contributed by atoms with van der Waals surface area (Å²) in [7, 11) is 1.63. The van der Waals surface area contributed by atoms with E-state index in [1.54, 1.807) is 7.11 Å². The van der Waals surface area contributed by atoms with Crippen molar-refractivity contribution in [2.45, 2.75) is 64.3 Å². The minimum absolute atomic E-state index is 0.0520. The number of aliphatic carboxylic acids is 1. The average Bonchev–Trinajstić information content (AvgIpc) is 3.39. The van der Waals surface area contributed by atoms with Crippen LogP contribution in [-0.4, -0.2) is 66.8 Å². The number of anilines is 2. The summed E-state index contributed by atoms with van der Waals surface area (Å²) >= 11 is 1.81. The van der Waals surface area contributed by atoms with Crippen LogP contribution in [0.2, 0.25) is 0 Å². The molecular formula is C25H36N8O3S. The van der Waals surface area contributed by atoms with Crippen LogP contribution in [0.5, 0.6) is 5.75 Å². The number of tetrazole rings is 1. The van der Waals surface area contributed by atoms with Crippen molar-refractivity contribution >= 4 is 29.5 Å². The van der Waals surface area contributed by atoms with Gasteiger partial charge in [0.1, 0.15) is 11.6 Å². The van der Waals surface area contributed by atoms with Crippen LogP contribution < -0.4 is 15.8 Å². The van der Waals surface area contributed by atoms with E-state index in [4.69, 9.17) is 10.5 Å². The monoisotopic (exact) mass is 528 g/mol. The highest BCUT2D eigenvalue weighted by molar-refractivity contribution is 7.98. The van der Waals surface area contributed by atoms with Gasteiger partial charge in [-0.15, -0.1) is 10.2 Å². The van der Waals surface area contributed by atoms with E-state index in [2.05, 4.69) is 49.1 Å². The quantitative estimate of drug-likeness (QED) is 0.215. The van der Waals surface area contributed by atoms with Crippen LogP contribution in [0, 0.1) is 0 Å². The van der Waals surface area contributed by atoms with E-state index in [0.717, 1.165) is 48.1 Å². The standard InChI is InChI=1S/C25H36N8O3S/c1-4-5-6-18(11-12-37-3)27-24-19(20(8-10-23(34)35)28-25(26)29-24)15-17-13-16(7-9-21(17)36-2)14-22-30-32-33-31-22/h7,9,13,18H,4-6,8,10-12,14-15H2,1-3H3,(H,34,35)(H3,26,27,28,29)(H,30,31,32,33)/t18-/m0/s1. The van der Waals surface area contributed by atoms with Crippen LogP contribution >= 0.6 is 11.8 Å². The van der Waals surface area contributed by atoms with E-state index in [1.165, 1.54) is 0 Å². The number of rotatable bonds is 16. The van der Waals surface area contributed by atoms with Crippen molar-refractivity contribution in [1.29, 1.82) is 0 Å². The summed E-state index contributed by atoms with van der Waals surface area (Å²) in [5, 5.41) is 27.2. The van der Waals surface area contributed by atoms with Crippen molar-refractivity contribution in [2.24, 2.45) is 0 Å². The Hall–Kier alpha value is -3.41. The van der Waals surface area contributed by atoms with E-state index in [-0.39, 0.29) is 24.8 Å². The van der Waals surface area contributed by atoms with E-state index >= 15 is 0 Å². The van der Waals surface area contributed by atoms with Gasteiger partial charge in [-0.2, -0.15) is 22.0 Å². The van der Waals surface area contributed by atoms with E-state index in [0.29, 0.717) is 35.9 Å². The highest BCUT2D eigenvalue weighted by atomic mass is 32.2. The number of aryl methyl sites for hydroxylation is 1. The third-order valence-electron chi connectivity index (χ3n) is 6.07. The topological polar surface area (TPSA) is 165 Å². The molecule has 1 atom stereocenters. The van der Waals surface area contributed by atoms with Gasteiger partial charge in [-0.3, -0.25) is 4.79 Å². The molecule has 0 unspecified atom stereocenters. The number of nitrogens with zero attached hydrogens (tertiary/aromatic N) is 5. The molecule has 200 valence electrons. The number of nitrogens with two attached hydrogens (primary N) is 1. The van der Waals surface area contributed by atoms with Crippen molar-refractivity contribution < 1.29 is 14.6 Å². The molecule has 0 aliphatic carbocycles. The zero-order valence-electron chi connectivity index (χ0n) is 21.7. The lowest BCUT2D eigenvalue weighted by molar-refractivity contribution is -0.136. The fourth-order valence-corrected chi connectivity index (χ4v) is 4.71. The normalized spacial score (nSPS) is 11.9. The van der Waals surface area contributed by atoms with Crippen molar-refractivity contribution in [3.63, 3.8) is 0 Å². The second kappa shape index (κ2) is 14.4. The third-order valence-corrected chi connectivity index (χ3v) is 6.71. The first-order valence-corrected chi connectivity index (χ1v) is 13.8. The number of methoxy groups -OCH3 is 1. The lowest BCUT2D eigenvalue weighted by Crippen LogP contribution is -2.23. The Balaban J connectivity index is 2.01. The van der Waals surface area contributed by atoms with Gasteiger partial charge in [0.05, 0.1) is 19.2 Å². The second-order valence-electron chi connectivity index (χ2n) is 8.84. The number of thioether (sulfide) groups is 1. The fourth-order valence-electron chi connectivity index (χ4n) is 4.19. The Morgan fingerprint density at radius 3 is 2.78 bits per heavy atom. The number of benzene rings is 1. The highest BCUT2D eigenvalue weighted by Gasteiger charge is 2.20. The number of nitrogens with one attached hydrogen (secondary N) is 2. The van der Waals surface area contributed by atoms with Gasteiger partial charge >= 0.3 is 5.97 Å². The summed E-state index contributed by atoms with van der Waals surface area (Å²) in [6.07, 6.45) is 7.45. The van der Waals surface area contributed by atoms with Crippen molar-refractivity contribution in [3.05, 3.63) is 46.4 Å². The zero-order chi connectivity index (χ0) is 26.6. The maximum Gasteiger partial charge on any atom is 0.303 e. The number of unbranched alkanes of at least 4 members (excludes halogenated alkanes) is 1. The van der Waals surface area contributed by atoms with Gasteiger partial charge in [0, 0.05) is 30.9 Å². The first-order chi connectivity index (χ1) is 17.9. The maximum atomic E-state index is 11.4. The summed E-state index contributed by atoms with van der Waals surface area (Å²) in [6.45, 7) is 2.18. The van der Waals surface area contributed by atoms with Gasteiger partial charge in [0.25, 0.3) is 0 Å². The molecule has 0 saturated heterocycles. The largest absolute Gasteiger partial charge is 0.496 e. The molecule has 0 spiro atoms. The molecule has 1 aromatic carbocycles. The van der Waals surface area contributed by atoms with Crippen LogP contribution in [0.15, 0.2) is 18.2 Å². The van der Waals surface area contributed by atoms with Gasteiger partial charge in [-0.1, -0.05) is 37.1 Å². The van der Waals surface area contributed by atoms with Crippen LogP contribution in [-0.2, 0) is 24.1 Å².